The second-order valence-electron chi connectivity index (χ2n) is 5.71. The van der Waals surface area contributed by atoms with Gasteiger partial charge in [-0.2, -0.15) is 0 Å². The summed E-state index contributed by atoms with van der Waals surface area (Å²) in [6, 6.07) is 5.50. The molecular weight excluding hydrogens is 426 g/mol. The van der Waals surface area contributed by atoms with Crippen molar-refractivity contribution in [3.63, 3.8) is 0 Å². The smallest absolute Gasteiger partial charge is 0.652 e. The first-order valence-electron chi connectivity index (χ1n) is 8.06. The Balaban J connectivity index is 0.000000771. The number of nitrogens with one attached hydrogen (secondary N) is 1. The minimum absolute atomic E-state index is 0. The largest absolute Gasteiger partial charge is 2.00 e. The average molecular weight is 446 g/mol. The van der Waals surface area contributed by atoms with E-state index in [1.165, 1.54) is 0 Å². The number of carboxylic acid groups (broad SMARTS) is 2. The number of fused-ring (bicyclic) bond motifs is 1. The van der Waals surface area contributed by atoms with Gasteiger partial charge in [-0.15, -0.1) is 0 Å². The van der Waals surface area contributed by atoms with Gasteiger partial charge in [0, 0.05) is 23.4 Å². The van der Waals surface area contributed by atoms with Crippen LogP contribution >= 0.6 is 0 Å². The first-order valence-corrected chi connectivity index (χ1v) is 9.37. The number of methoxy groups -OCH3 is 2. The standard InChI is InChI=1S/C17H19N3O3S.CH2O3.Ca/c1-10-8-18-15(11(2)16(10)23-4)9-24(21)17-19-13-6-5-12(22-3)7-14(13)20-17;2-1(3)4;/h5-8H,9H2,1-4H3,(H,19,20);(H2,2,3,4);/q;;+2/p-2. The summed E-state index contributed by atoms with van der Waals surface area (Å²) < 4.78 is 23.3. The predicted octanol–water partition coefficient (Wildman–Crippen LogP) is 0.0719. The third-order valence-corrected chi connectivity index (χ3v) is 5.06. The molecule has 0 radical (unpaired) electrons. The van der Waals surface area contributed by atoms with Crippen LogP contribution in [0, 0.1) is 13.8 Å². The van der Waals surface area contributed by atoms with Crippen LogP contribution in [0.25, 0.3) is 11.0 Å². The minimum atomic E-state index is -2.33. The first-order chi connectivity index (χ1) is 13.3. The molecule has 0 saturated heterocycles. The van der Waals surface area contributed by atoms with E-state index in [0.29, 0.717) is 5.16 Å². The summed E-state index contributed by atoms with van der Waals surface area (Å²) in [5.41, 5.74) is 4.16. The fourth-order valence-corrected chi connectivity index (χ4v) is 3.71. The van der Waals surface area contributed by atoms with E-state index in [2.05, 4.69) is 15.0 Å². The van der Waals surface area contributed by atoms with E-state index in [1.807, 2.05) is 32.0 Å². The summed E-state index contributed by atoms with van der Waals surface area (Å²) in [4.78, 5) is 20.2. The van der Waals surface area contributed by atoms with E-state index in [4.69, 9.17) is 24.5 Å². The van der Waals surface area contributed by atoms with E-state index in [0.717, 1.165) is 39.4 Å². The van der Waals surface area contributed by atoms with Crippen LogP contribution in [0.1, 0.15) is 16.8 Å². The number of imidazole rings is 1. The molecule has 0 bridgehead atoms. The molecule has 3 rings (SSSR count). The third-order valence-electron chi connectivity index (χ3n) is 3.90. The van der Waals surface area contributed by atoms with Gasteiger partial charge < -0.3 is 29.5 Å². The molecule has 29 heavy (non-hydrogen) atoms. The van der Waals surface area contributed by atoms with E-state index in [-0.39, 0.29) is 43.5 Å². The zero-order valence-corrected chi connectivity index (χ0v) is 19.5. The molecule has 2 heterocycles. The van der Waals surface area contributed by atoms with Crippen LogP contribution in [0.3, 0.4) is 0 Å². The zero-order chi connectivity index (χ0) is 20.8. The van der Waals surface area contributed by atoms with Gasteiger partial charge in [0.05, 0.1) is 47.5 Å². The predicted molar refractivity (Wildman–Crippen MR) is 104 cm³/mol. The third kappa shape index (κ3) is 6.56. The fourth-order valence-electron chi connectivity index (χ4n) is 2.61. The van der Waals surface area contributed by atoms with Crippen molar-refractivity contribution in [1.29, 1.82) is 0 Å². The van der Waals surface area contributed by atoms with Gasteiger partial charge in [-0.3, -0.25) is 9.19 Å². The monoisotopic (exact) mass is 445 g/mol. The van der Waals surface area contributed by atoms with E-state index < -0.39 is 17.0 Å². The maximum absolute atomic E-state index is 12.7. The Hall–Kier alpha value is -1.88. The Morgan fingerprint density at radius 1 is 1.21 bits per heavy atom. The topological polar surface area (TPSA) is 140 Å². The molecule has 0 fully saturated rings. The second-order valence-corrected chi connectivity index (χ2v) is 7.08. The van der Waals surface area contributed by atoms with Gasteiger partial charge in [0.1, 0.15) is 11.5 Å². The van der Waals surface area contributed by atoms with E-state index >= 15 is 0 Å². The number of benzene rings is 1. The number of carbonyl (C=O) groups is 1. The molecule has 11 heteroatoms. The average Bonchev–Trinajstić information content (AvgIpc) is 3.07. The maximum Gasteiger partial charge on any atom is 2.00 e. The maximum atomic E-state index is 12.7. The number of hydrogen-bond donors (Lipinski definition) is 1. The van der Waals surface area contributed by atoms with Crippen LogP contribution in [0.5, 0.6) is 11.5 Å². The van der Waals surface area contributed by atoms with Crippen molar-refractivity contribution in [2.45, 2.75) is 24.8 Å². The normalized spacial score (nSPS) is 11.0. The molecule has 0 saturated carbocycles. The number of nitrogens with zero attached hydrogens (tertiary/aromatic N) is 2. The van der Waals surface area contributed by atoms with Crippen molar-refractivity contribution in [1.82, 2.24) is 15.0 Å². The summed E-state index contributed by atoms with van der Waals surface area (Å²) >= 11 is 0. The van der Waals surface area contributed by atoms with Crippen LogP contribution in [0.15, 0.2) is 29.6 Å². The molecular formula is C18H19CaN3O6S. The number of hydrogen-bond acceptors (Lipinski definition) is 8. The van der Waals surface area contributed by atoms with Crippen molar-refractivity contribution in [2.75, 3.05) is 14.2 Å². The van der Waals surface area contributed by atoms with Crippen molar-refractivity contribution in [3.8, 4) is 11.5 Å². The number of H-pyrrole nitrogens is 1. The molecule has 1 N–H and O–H groups in total. The Morgan fingerprint density at radius 3 is 2.45 bits per heavy atom. The summed E-state index contributed by atoms with van der Waals surface area (Å²) in [5.74, 6) is 1.79. The molecule has 0 amide bonds. The number of ether oxygens (including phenoxy) is 2. The summed E-state index contributed by atoms with van der Waals surface area (Å²) in [7, 11) is 1.91. The Morgan fingerprint density at radius 2 is 1.86 bits per heavy atom. The van der Waals surface area contributed by atoms with Crippen molar-refractivity contribution in [3.05, 3.63) is 41.2 Å². The van der Waals surface area contributed by atoms with Crippen molar-refractivity contribution < 1.29 is 28.7 Å². The van der Waals surface area contributed by atoms with Crippen LogP contribution in [0.4, 0.5) is 4.79 Å². The van der Waals surface area contributed by atoms with Gasteiger partial charge in [0.25, 0.3) is 0 Å². The number of carbonyl (C=O) groups excluding carboxylic acids is 1. The van der Waals surface area contributed by atoms with Gasteiger partial charge in [0.15, 0.2) is 5.16 Å². The molecule has 1 unspecified atom stereocenters. The second kappa shape index (κ2) is 11.3. The van der Waals surface area contributed by atoms with Crippen molar-refractivity contribution >= 4 is 65.7 Å². The Kier molecular flexibility index (Phi) is 9.84. The molecule has 1 aromatic carbocycles. The molecule has 9 nitrogen and oxygen atoms in total. The van der Waals surface area contributed by atoms with Crippen LogP contribution in [0.2, 0.25) is 0 Å². The van der Waals surface area contributed by atoms with E-state index in [1.54, 1.807) is 20.4 Å². The number of aryl methyl sites for hydroxylation is 1. The number of aromatic nitrogens is 3. The SMILES string of the molecule is COc1ccc2nc(S(=O)Cc3ncc(C)c(OC)c3C)[nH]c2c1.O=C([O-])[O-].[Ca+2]. The summed E-state index contributed by atoms with van der Waals surface area (Å²) in [6.07, 6.45) is -0.595. The van der Waals surface area contributed by atoms with Gasteiger partial charge in [-0.05, 0) is 32.1 Å². The van der Waals surface area contributed by atoms with Gasteiger partial charge in [-0.25, -0.2) is 4.98 Å². The summed E-state index contributed by atoms with van der Waals surface area (Å²) in [6.45, 7) is 3.86. The molecule has 150 valence electrons. The van der Waals surface area contributed by atoms with Crippen molar-refractivity contribution in [2.24, 2.45) is 0 Å². The molecule has 0 aliphatic rings. The molecule has 2 aromatic heterocycles. The minimum Gasteiger partial charge on any atom is -0.652 e. The molecule has 3 aromatic rings. The number of rotatable bonds is 5. The molecule has 0 aliphatic carbocycles. The first kappa shape index (κ1) is 25.2. The van der Waals surface area contributed by atoms with Gasteiger partial charge >= 0.3 is 37.7 Å². The van der Waals surface area contributed by atoms with Gasteiger partial charge in [0.2, 0.25) is 0 Å². The van der Waals surface area contributed by atoms with Crippen LogP contribution in [-0.4, -0.2) is 77.3 Å². The number of aromatic amines is 1. The quantitative estimate of drug-likeness (QED) is 0.544. The number of pyridine rings is 1. The zero-order valence-electron chi connectivity index (χ0n) is 16.5. The van der Waals surface area contributed by atoms with Crippen LogP contribution < -0.4 is 19.7 Å². The fraction of sp³-hybridized carbons (Fsp3) is 0.278. The van der Waals surface area contributed by atoms with Gasteiger partial charge in [-0.1, -0.05) is 0 Å². The molecule has 0 spiro atoms. The molecule has 1 atom stereocenters. The van der Waals surface area contributed by atoms with Crippen LogP contribution in [-0.2, 0) is 16.6 Å². The Bertz CT molecular complexity index is 1020. The van der Waals surface area contributed by atoms with E-state index in [9.17, 15) is 4.21 Å². The molecule has 0 aliphatic heterocycles. The Labute approximate surface area is 199 Å². The summed E-state index contributed by atoms with van der Waals surface area (Å²) in [5, 5.41) is 17.1.